The monoisotopic (exact) mass is 292 g/mol. The highest BCUT2D eigenvalue weighted by atomic mass is 35.5. The predicted molar refractivity (Wildman–Crippen MR) is 79.6 cm³/mol. The fraction of sp³-hybridized carbons (Fsp3) is 0.467. The Labute approximate surface area is 123 Å². The van der Waals surface area contributed by atoms with Crippen LogP contribution < -0.4 is 10.2 Å². The van der Waals surface area contributed by atoms with Gasteiger partial charge in [-0.1, -0.05) is 24.9 Å². The number of anilines is 2. The molecule has 20 heavy (non-hydrogen) atoms. The minimum atomic E-state index is -0.571. The van der Waals surface area contributed by atoms with Crippen molar-refractivity contribution in [3.63, 3.8) is 0 Å². The smallest absolute Gasteiger partial charge is 0.296 e. The SMILES string of the molecule is CCCC1CCN(c2cc3c(cc2Cl)C(=O)C(=O)N3)C1. The summed E-state index contributed by atoms with van der Waals surface area (Å²) in [6.07, 6.45) is 3.60. The molecule has 0 bridgehead atoms. The first-order valence-electron chi connectivity index (χ1n) is 7.04. The van der Waals surface area contributed by atoms with Crippen LogP contribution in [0.1, 0.15) is 36.5 Å². The van der Waals surface area contributed by atoms with Gasteiger partial charge in [0.15, 0.2) is 0 Å². The Morgan fingerprint density at radius 3 is 2.95 bits per heavy atom. The van der Waals surface area contributed by atoms with Gasteiger partial charge in [-0.3, -0.25) is 9.59 Å². The van der Waals surface area contributed by atoms with E-state index in [1.807, 2.05) is 6.07 Å². The minimum absolute atomic E-state index is 0.382. The van der Waals surface area contributed by atoms with Crippen molar-refractivity contribution in [1.82, 2.24) is 0 Å². The first-order chi connectivity index (χ1) is 9.60. The van der Waals surface area contributed by atoms with Crippen molar-refractivity contribution in [3.05, 3.63) is 22.7 Å². The fourth-order valence-corrected chi connectivity index (χ4v) is 3.38. The summed E-state index contributed by atoms with van der Waals surface area (Å²) in [6.45, 7) is 4.17. The molecule has 0 aliphatic carbocycles. The number of nitrogens with one attached hydrogen (secondary N) is 1. The molecule has 0 spiro atoms. The molecule has 2 heterocycles. The molecule has 0 radical (unpaired) electrons. The van der Waals surface area contributed by atoms with Gasteiger partial charge in [-0.2, -0.15) is 0 Å². The van der Waals surface area contributed by atoms with Crippen molar-refractivity contribution in [3.8, 4) is 0 Å². The summed E-state index contributed by atoms with van der Waals surface area (Å²) in [7, 11) is 0. The molecule has 1 saturated heterocycles. The standard InChI is InChI=1S/C15H17ClN2O2/c1-2-3-9-4-5-18(8-9)13-7-12-10(6-11(13)16)14(19)15(20)17-12/h6-7,9H,2-5,8H2,1H3,(H,17,19,20). The average molecular weight is 293 g/mol. The molecule has 4 nitrogen and oxygen atoms in total. The number of carbonyl (C=O) groups is 2. The maximum absolute atomic E-state index is 11.6. The Hall–Kier alpha value is -1.55. The van der Waals surface area contributed by atoms with E-state index in [9.17, 15) is 9.59 Å². The van der Waals surface area contributed by atoms with Gasteiger partial charge in [0.1, 0.15) is 0 Å². The molecule has 1 atom stereocenters. The molecule has 2 aliphatic rings. The Kier molecular flexibility index (Phi) is 3.42. The van der Waals surface area contributed by atoms with Gasteiger partial charge < -0.3 is 10.2 Å². The first-order valence-corrected chi connectivity index (χ1v) is 7.42. The van der Waals surface area contributed by atoms with E-state index in [1.54, 1.807) is 6.07 Å². The average Bonchev–Trinajstić information content (AvgIpc) is 2.97. The number of hydrogen-bond donors (Lipinski definition) is 1. The molecule has 1 aromatic carbocycles. The quantitative estimate of drug-likeness (QED) is 0.871. The van der Waals surface area contributed by atoms with Gasteiger partial charge >= 0.3 is 0 Å². The second-order valence-corrected chi connectivity index (χ2v) is 5.93. The number of carbonyl (C=O) groups excluding carboxylic acids is 2. The lowest BCUT2D eigenvalue weighted by atomic mass is 10.0. The minimum Gasteiger partial charge on any atom is -0.370 e. The Bertz CT molecular complexity index is 585. The summed E-state index contributed by atoms with van der Waals surface area (Å²) in [4.78, 5) is 25.3. The van der Waals surface area contributed by atoms with Gasteiger partial charge in [-0.25, -0.2) is 0 Å². The largest absolute Gasteiger partial charge is 0.370 e. The van der Waals surface area contributed by atoms with Gasteiger partial charge in [0.2, 0.25) is 0 Å². The third-order valence-corrected chi connectivity index (χ3v) is 4.41. The van der Waals surface area contributed by atoms with Crippen LogP contribution in [-0.4, -0.2) is 24.8 Å². The zero-order valence-corrected chi connectivity index (χ0v) is 12.2. The van der Waals surface area contributed by atoms with Crippen LogP contribution in [0.4, 0.5) is 11.4 Å². The summed E-state index contributed by atoms with van der Waals surface area (Å²) in [5.74, 6) is -0.363. The molecule has 1 aromatic rings. The van der Waals surface area contributed by atoms with Crippen LogP contribution >= 0.6 is 11.6 Å². The number of halogens is 1. The summed E-state index contributed by atoms with van der Waals surface area (Å²) in [5, 5.41) is 3.15. The lowest BCUT2D eigenvalue weighted by Gasteiger charge is -2.21. The molecule has 0 aromatic heterocycles. The summed E-state index contributed by atoms with van der Waals surface area (Å²) < 4.78 is 0. The highest BCUT2D eigenvalue weighted by Crippen LogP contribution is 2.37. The van der Waals surface area contributed by atoms with E-state index >= 15 is 0 Å². The van der Waals surface area contributed by atoms with Crippen molar-refractivity contribution in [2.75, 3.05) is 23.3 Å². The van der Waals surface area contributed by atoms with Crippen molar-refractivity contribution >= 4 is 34.7 Å². The zero-order chi connectivity index (χ0) is 14.3. The topological polar surface area (TPSA) is 49.4 Å². The van der Waals surface area contributed by atoms with Crippen LogP contribution in [0.3, 0.4) is 0 Å². The van der Waals surface area contributed by atoms with Crippen molar-refractivity contribution < 1.29 is 9.59 Å². The Balaban J connectivity index is 1.87. The number of ketones is 1. The molecular formula is C15H17ClN2O2. The lowest BCUT2D eigenvalue weighted by Crippen LogP contribution is -2.20. The normalized spacial score (nSPS) is 21.3. The van der Waals surface area contributed by atoms with E-state index in [0.717, 1.165) is 18.8 Å². The van der Waals surface area contributed by atoms with E-state index < -0.39 is 11.7 Å². The third kappa shape index (κ3) is 2.18. The zero-order valence-electron chi connectivity index (χ0n) is 11.4. The van der Waals surface area contributed by atoms with Crippen LogP contribution in [0.2, 0.25) is 5.02 Å². The molecular weight excluding hydrogens is 276 g/mol. The molecule has 1 N–H and O–H groups in total. The van der Waals surface area contributed by atoms with E-state index in [0.29, 0.717) is 22.2 Å². The number of rotatable bonds is 3. The van der Waals surface area contributed by atoms with E-state index in [4.69, 9.17) is 11.6 Å². The number of hydrogen-bond acceptors (Lipinski definition) is 3. The number of benzene rings is 1. The molecule has 1 unspecified atom stereocenters. The maximum atomic E-state index is 11.6. The highest BCUT2D eigenvalue weighted by molar-refractivity contribution is 6.52. The van der Waals surface area contributed by atoms with E-state index in [2.05, 4.69) is 17.1 Å². The molecule has 1 fully saturated rings. The van der Waals surface area contributed by atoms with Crippen molar-refractivity contribution in [2.24, 2.45) is 5.92 Å². The molecule has 3 rings (SSSR count). The second kappa shape index (κ2) is 5.09. The van der Waals surface area contributed by atoms with Gasteiger partial charge in [0.25, 0.3) is 11.7 Å². The van der Waals surface area contributed by atoms with E-state index in [-0.39, 0.29) is 0 Å². The van der Waals surface area contributed by atoms with Crippen molar-refractivity contribution in [1.29, 1.82) is 0 Å². The predicted octanol–water partition coefficient (Wildman–Crippen LogP) is 3.10. The molecule has 1 amide bonds. The highest BCUT2D eigenvalue weighted by Gasteiger charge is 2.31. The number of Topliss-reactive ketones (excluding diaryl/α,β-unsaturated/α-hetero) is 1. The van der Waals surface area contributed by atoms with E-state index in [1.165, 1.54) is 19.3 Å². The third-order valence-electron chi connectivity index (χ3n) is 4.11. The van der Waals surface area contributed by atoms with Gasteiger partial charge in [-0.15, -0.1) is 0 Å². The fourth-order valence-electron chi connectivity index (χ4n) is 3.09. The lowest BCUT2D eigenvalue weighted by molar-refractivity contribution is -0.112. The molecule has 5 heteroatoms. The van der Waals surface area contributed by atoms with Crippen LogP contribution in [0, 0.1) is 5.92 Å². The summed E-state index contributed by atoms with van der Waals surface area (Å²) in [6, 6.07) is 3.44. The molecule has 0 saturated carbocycles. The maximum Gasteiger partial charge on any atom is 0.296 e. The molecule has 2 aliphatic heterocycles. The summed E-state index contributed by atoms with van der Waals surface area (Å²) in [5.41, 5.74) is 1.88. The summed E-state index contributed by atoms with van der Waals surface area (Å²) >= 11 is 6.29. The molecule has 106 valence electrons. The van der Waals surface area contributed by atoms with Gasteiger partial charge in [-0.05, 0) is 30.9 Å². The Morgan fingerprint density at radius 2 is 2.20 bits per heavy atom. The van der Waals surface area contributed by atoms with Crippen LogP contribution in [0.15, 0.2) is 12.1 Å². The Morgan fingerprint density at radius 1 is 1.40 bits per heavy atom. The van der Waals surface area contributed by atoms with Crippen LogP contribution in [-0.2, 0) is 4.79 Å². The second-order valence-electron chi connectivity index (χ2n) is 5.52. The van der Waals surface area contributed by atoms with Crippen LogP contribution in [0.25, 0.3) is 0 Å². The van der Waals surface area contributed by atoms with Crippen LogP contribution in [0.5, 0.6) is 0 Å². The number of nitrogens with zero attached hydrogens (tertiary/aromatic N) is 1. The number of amides is 1. The van der Waals surface area contributed by atoms with Gasteiger partial charge in [0.05, 0.1) is 22.0 Å². The van der Waals surface area contributed by atoms with Gasteiger partial charge in [0, 0.05) is 13.1 Å². The number of fused-ring (bicyclic) bond motifs is 1. The van der Waals surface area contributed by atoms with Crippen molar-refractivity contribution in [2.45, 2.75) is 26.2 Å². The first kappa shape index (κ1) is 13.4.